The fourth-order valence-corrected chi connectivity index (χ4v) is 3.15. The van der Waals surface area contributed by atoms with Gasteiger partial charge in [-0.1, -0.05) is 30.3 Å². The van der Waals surface area contributed by atoms with Crippen LogP contribution in [-0.4, -0.2) is 26.6 Å². The average Bonchev–Trinajstić information content (AvgIpc) is 3.14. The SMILES string of the molecule is Cc1nc(C(=O)Nc2cnn(CC(N)=O)c2)c(-c2ccccc2)s1. The summed E-state index contributed by atoms with van der Waals surface area (Å²) in [6.45, 7) is 1.82. The Hall–Kier alpha value is -3.00. The molecule has 3 aromatic rings. The number of amides is 2. The molecule has 0 unspecified atom stereocenters. The molecule has 2 amide bonds. The molecule has 8 heteroatoms. The number of primary amides is 1. The molecule has 122 valence electrons. The van der Waals surface area contributed by atoms with Crippen LogP contribution in [0.2, 0.25) is 0 Å². The highest BCUT2D eigenvalue weighted by Crippen LogP contribution is 2.30. The van der Waals surface area contributed by atoms with Gasteiger partial charge in [0, 0.05) is 6.20 Å². The van der Waals surface area contributed by atoms with Gasteiger partial charge in [-0.3, -0.25) is 14.3 Å². The summed E-state index contributed by atoms with van der Waals surface area (Å²) < 4.78 is 1.36. The van der Waals surface area contributed by atoms with E-state index in [1.54, 1.807) is 6.20 Å². The Kier molecular flexibility index (Phi) is 4.39. The number of hydrogen-bond acceptors (Lipinski definition) is 5. The topological polar surface area (TPSA) is 103 Å². The first-order valence-corrected chi connectivity index (χ1v) is 7.99. The van der Waals surface area contributed by atoms with E-state index in [2.05, 4.69) is 15.4 Å². The molecular weight excluding hydrogens is 326 g/mol. The summed E-state index contributed by atoms with van der Waals surface area (Å²) in [5, 5.41) is 7.53. The van der Waals surface area contributed by atoms with Gasteiger partial charge in [-0.05, 0) is 12.5 Å². The minimum Gasteiger partial charge on any atom is -0.368 e. The highest BCUT2D eigenvalue weighted by Gasteiger charge is 2.19. The molecule has 0 saturated heterocycles. The smallest absolute Gasteiger partial charge is 0.275 e. The van der Waals surface area contributed by atoms with Gasteiger partial charge in [-0.15, -0.1) is 11.3 Å². The number of carbonyl (C=O) groups excluding carboxylic acids is 2. The van der Waals surface area contributed by atoms with Gasteiger partial charge in [-0.25, -0.2) is 4.98 Å². The van der Waals surface area contributed by atoms with E-state index >= 15 is 0 Å². The molecule has 0 saturated carbocycles. The minimum absolute atomic E-state index is 0.0407. The molecule has 1 aromatic carbocycles. The Morgan fingerprint density at radius 1 is 1.29 bits per heavy atom. The van der Waals surface area contributed by atoms with Crippen LogP contribution in [0.15, 0.2) is 42.7 Å². The maximum absolute atomic E-state index is 12.6. The molecule has 0 bridgehead atoms. The van der Waals surface area contributed by atoms with Gasteiger partial charge in [0.05, 0.1) is 21.8 Å². The molecule has 3 N–H and O–H groups in total. The largest absolute Gasteiger partial charge is 0.368 e. The van der Waals surface area contributed by atoms with Gasteiger partial charge in [0.2, 0.25) is 5.91 Å². The third-order valence-electron chi connectivity index (χ3n) is 3.19. The maximum Gasteiger partial charge on any atom is 0.275 e. The third-order valence-corrected chi connectivity index (χ3v) is 4.21. The van der Waals surface area contributed by atoms with Crippen LogP contribution >= 0.6 is 11.3 Å². The Morgan fingerprint density at radius 3 is 2.75 bits per heavy atom. The molecule has 0 aliphatic heterocycles. The number of thiazole rings is 1. The van der Waals surface area contributed by atoms with E-state index in [-0.39, 0.29) is 12.5 Å². The van der Waals surface area contributed by atoms with E-state index in [0.717, 1.165) is 15.4 Å². The van der Waals surface area contributed by atoms with Crippen LogP contribution in [0.3, 0.4) is 0 Å². The van der Waals surface area contributed by atoms with Crippen molar-refractivity contribution in [2.45, 2.75) is 13.5 Å². The second-order valence-electron chi connectivity index (χ2n) is 5.12. The zero-order chi connectivity index (χ0) is 17.1. The summed E-state index contributed by atoms with van der Waals surface area (Å²) in [6, 6.07) is 9.63. The van der Waals surface area contributed by atoms with E-state index in [9.17, 15) is 9.59 Å². The second-order valence-corrected chi connectivity index (χ2v) is 6.33. The van der Waals surface area contributed by atoms with Gasteiger partial charge >= 0.3 is 0 Å². The molecule has 0 fully saturated rings. The number of benzene rings is 1. The van der Waals surface area contributed by atoms with Crippen molar-refractivity contribution in [2.24, 2.45) is 5.73 Å². The molecule has 0 spiro atoms. The van der Waals surface area contributed by atoms with Crippen molar-refractivity contribution < 1.29 is 9.59 Å². The van der Waals surface area contributed by atoms with Crippen LogP contribution in [0, 0.1) is 6.92 Å². The molecular formula is C16H15N5O2S. The van der Waals surface area contributed by atoms with Crippen molar-refractivity contribution in [2.75, 3.05) is 5.32 Å². The number of hydrogen-bond donors (Lipinski definition) is 2. The van der Waals surface area contributed by atoms with Crippen molar-refractivity contribution in [3.63, 3.8) is 0 Å². The Labute approximate surface area is 142 Å². The predicted octanol–water partition coefficient (Wildman–Crippen LogP) is 2.05. The standard InChI is InChI=1S/C16H15N5O2S/c1-10-19-14(15(24-10)11-5-3-2-4-6-11)16(23)20-12-7-18-21(8-12)9-13(17)22/h2-8H,9H2,1H3,(H2,17,22)(H,20,23). The second kappa shape index (κ2) is 6.63. The van der Waals surface area contributed by atoms with Gasteiger partial charge in [0.1, 0.15) is 12.2 Å². The average molecular weight is 341 g/mol. The van der Waals surface area contributed by atoms with Crippen molar-refractivity contribution in [3.8, 4) is 10.4 Å². The summed E-state index contributed by atoms with van der Waals surface area (Å²) in [5.74, 6) is -0.825. The third kappa shape index (κ3) is 3.49. The fourth-order valence-electron chi connectivity index (χ4n) is 2.23. The number of rotatable bonds is 5. The van der Waals surface area contributed by atoms with Gasteiger partial charge < -0.3 is 11.1 Å². The van der Waals surface area contributed by atoms with Crippen LogP contribution in [0.4, 0.5) is 5.69 Å². The highest BCUT2D eigenvalue weighted by atomic mass is 32.1. The van der Waals surface area contributed by atoms with Crippen LogP contribution < -0.4 is 11.1 Å². The Balaban J connectivity index is 1.83. The fraction of sp³-hybridized carbons (Fsp3) is 0.125. The lowest BCUT2D eigenvalue weighted by molar-refractivity contribution is -0.118. The Morgan fingerprint density at radius 2 is 2.04 bits per heavy atom. The van der Waals surface area contributed by atoms with Crippen LogP contribution in [0.5, 0.6) is 0 Å². The van der Waals surface area contributed by atoms with Crippen molar-refractivity contribution in [1.82, 2.24) is 14.8 Å². The molecule has 7 nitrogen and oxygen atoms in total. The van der Waals surface area contributed by atoms with Crippen LogP contribution in [-0.2, 0) is 11.3 Å². The zero-order valence-corrected chi connectivity index (χ0v) is 13.7. The first kappa shape index (κ1) is 15.9. The van der Waals surface area contributed by atoms with Gasteiger partial charge in [0.25, 0.3) is 5.91 Å². The van der Waals surface area contributed by atoms with Crippen LogP contribution in [0.25, 0.3) is 10.4 Å². The maximum atomic E-state index is 12.6. The summed E-state index contributed by atoms with van der Waals surface area (Å²) in [6.07, 6.45) is 3.01. The number of nitrogens with one attached hydrogen (secondary N) is 1. The van der Waals surface area contributed by atoms with E-state index < -0.39 is 5.91 Å². The summed E-state index contributed by atoms with van der Waals surface area (Å²) in [4.78, 5) is 28.6. The lowest BCUT2D eigenvalue weighted by Crippen LogP contribution is -2.18. The number of aromatic nitrogens is 3. The quantitative estimate of drug-likeness (QED) is 0.741. The van der Waals surface area contributed by atoms with Crippen LogP contribution in [0.1, 0.15) is 15.5 Å². The summed E-state index contributed by atoms with van der Waals surface area (Å²) in [5.41, 5.74) is 6.90. The summed E-state index contributed by atoms with van der Waals surface area (Å²) in [7, 11) is 0. The first-order valence-electron chi connectivity index (χ1n) is 7.18. The number of nitrogens with two attached hydrogens (primary N) is 1. The van der Waals surface area contributed by atoms with E-state index in [1.807, 2.05) is 37.3 Å². The molecule has 0 aliphatic carbocycles. The van der Waals surface area contributed by atoms with E-state index in [1.165, 1.54) is 22.2 Å². The normalized spacial score (nSPS) is 10.5. The van der Waals surface area contributed by atoms with Crippen molar-refractivity contribution in [1.29, 1.82) is 0 Å². The number of nitrogens with zero attached hydrogens (tertiary/aromatic N) is 3. The lowest BCUT2D eigenvalue weighted by Gasteiger charge is -2.03. The molecule has 3 rings (SSSR count). The van der Waals surface area contributed by atoms with E-state index in [0.29, 0.717) is 11.4 Å². The number of carbonyl (C=O) groups is 2. The molecule has 24 heavy (non-hydrogen) atoms. The molecule has 0 aliphatic rings. The molecule has 0 radical (unpaired) electrons. The van der Waals surface area contributed by atoms with Gasteiger partial charge in [0.15, 0.2) is 0 Å². The summed E-state index contributed by atoms with van der Waals surface area (Å²) >= 11 is 1.47. The molecule has 2 aromatic heterocycles. The zero-order valence-electron chi connectivity index (χ0n) is 12.9. The minimum atomic E-state index is -0.502. The van der Waals surface area contributed by atoms with E-state index in [4.69, 9.17) is 5.73 Å². The van der Waals surface area contributed by atoms with Crippen molar-refractivity contribution in [3.05, 3.63) is 53.4 Å². The predicted molar refractivity (Wildman–Crippen MR) is 91.7 cm³/mol. The molecule has 2 heterocycles. The number of anilines is 1. The lowest BCUT2D eigenvalue weighted by atomic mass is 10.1. The highest BCUT2D eigenvalue weighted by molar-refractivity contribution is 7.15. The van der Waals surface area contributed by atoms with Gasteiger partial charge in [-0.2, -0.15) is 5.10 Å². The molecule has 0 atom stereocenters. The number of aryl methyl sites for hydroxylation is 1. The first-order chi connectivity index (χ1) is 11.5. The monoisotopic (exact) mass is 341 g/mol. The van der Waals surface area contributed by atoms with Crippen molar-refractivity contribution >= 4 is 28.8 Å². The Bertz CT molecular complexity index is 885.